The minimum absolute atomic E-state index is 0.0231. The molecule has 3 aromatic heterocycles. The Labute approximate surface area is 169 Å². The van der Waals surface area contributed by atoms with Crippen LogP contribution in [0.25, 0.3) is 5.65 Å². The third-order valence-electron chi connectivity index (χ3n) is 5.65. The number of ether oxygens (including phenoxy) is 1. The molecular weight excluding hydrogens is 368 g/mol. The number of aryl methyl sites for hydroxylation is 1. The lowest BCUT2D eigenvalue weighted by Gasteiger charge is -2.26. The van der Waals surface area contributed by atoms with Crippen LogP contribution in [0.3, 0.4) is 0 Å². The molecule has 2 aliphatic rings. The van der Waals surface area contributed by atoms with Crippen LogP contribution in [0.1, 0.15) is 33.9 Å². The van der Waals surface area contributed by atoms with Gasteiger partial charge in [-0.1, -0.05) is 6.07 Å². The van der Waals surface area contributed by atoms with Crippen molar-refractivity contribution in [3.8, 4) is 0 Å². The molecule has 8 nitrogen and oxygen atoms in total. The highest BCUT2D eigenvalue weighted by Crippen LogP contribution is 2.18. The Kier molecular flexibility index (Phi) is 4.81. The Morgan fingerprint density at radius 3 is 3.00 bits per heavy atom. The van der Waals surface area contributed by atoms with Gasteiger partial charge in [-0.15, -0.1) is 0 Å². The number of pyridine rings is 1. The zero-order chi connectivity index (χ0) is 19.8. The van der Waals surface area contributed by atoms with Gasteiger partial charge in [-0.05, 0) is 31.0 Å². The SMILES string of the molecule is Cc1ccc2nc(C(=O)N3CCn4nc(CN5CCCOCC5)cc4C3)cn2c1. The maximum absolute atomic E-state index is 13.0. The maximum atomic E-state index is 13.0. The van der Waals surface area contributed by atoms with Gasteiger partial charge < -0.3 is 14.0 Å². The summed E-state index contributed by atoms with van der Waals surface area (Å²) >= 11 is 0. The van der Waals surface area contributed by atoms with Gasteiger partial charge in [-0.3, -0.25) is 14.4 Å². The molecule has 0 aliphatic carbocycles. The molecule has 0 spiro atoms. The van der Waals surface area contributed by atoms with Crippen LogP contribution in [0.5, 0.6) is 0 Å². The van der Waals surface area contributed by atoms with Crippen LogP contribution in [-0.4, -0.2) is 67.7 Å². The molecule has 0 radical (unpaired) electrons. The van der Waals surface area contributed by atoms with Crippen LogP contribution in [0, 0.1) is 6.92 Å². The average Bonchev–Trinajstić information content (AvgIpc) is 3.22. The van der Waals surface area contributed by atoms with E-state index in [0.29, 0.717) is 18.8 Å². The number of fused-ring (bicyclic) bond motifs is 2. The van der Waals surface area contributed by atoms with Crippen LogP contribution in [0.4, 0.5) is 0 Å². The van der Waals surface area contributed by atoms with Crippen molar-refractivity contribution in [2.45, 2.75) is 33.0 Å². The molecule has 0 N–H and O–H groups in total. The normalized spacial score (nSPS) is 18.0. The minimum atomic E-state index is -0.0231. The van der Waals surface area contributed by atoms with Gasteiger partial charge in [0.05, 0.1) is 31.1 Å². The number of nitrogens with zero attached hydrogens (tertiary/aromatic N) is 6. The molecule has 8 heteroatoms. The zero-order valence-electron chi connectivity index (χ0n) is 16.8. The fourth-order valence-corrected chi connectivity index (χ4v) is 4.13. The third kappa shape index (κ3) is 3.77. The van der Waals surface area contributed by atoms with E-state index in [2.05, 4.69) is 16.0 Å². The van der Waals surface area contributed by atoms with Crippen LogP contribution in [0.2, 0.25) is 0 Å². The van der Waals surface area contributed by atoms with Gasteiger partial charge in [-0.2, -0.15) is 5.10 Å². The summed E-state index contributed by atoms with van der Waals surface area (Å²) in [7, 11) is 0. The van der Waals surface area contributed by atoms with E-state index >= 15 is 0 Å². The number of carbonyl (C=O) groups is 1. The molecule has 3 aromatic rings. The van der Waals surface area contributed by atoms with Gasteiger partial charge in [0.15, 0.2) is 0 Å². The molecule has 0 atom stereocenters. The molecule has 0 saturated carbocycles. The predicted octanol–water partition coefficient (Wildman–Crippen LogP) is 1.72. The summed E-state index contributed by atoms with van der Waals surface area (Å²) in [4.78, 5) is 21.8. The van der Waals surface area contributed by atoms with E-state index < -0.39 is 0 Å². The largest absolute Gasteiger partial charge is 0.380 e. The van der Waals surface area contributed by atoms with Gasteiger partial charge in [0.1, 0.15) is 11.3 Å². The van der Waals surface area contributed by atoms with E-state index in [1.807, 2.05) is 45.4 Å². The van der Waals surface area contributed by atoms with Crippen molar-refractivity contribution in [1.82, 2.24) is 29.0 Å². The van der Waals surface area contributed by atoms with Crippen molar-refractivity contribution in [1.29, 1.82) is 0 Å². The number of aromatic nitrogens is 4. The number of amides is 1. The zero-order valence-corrected chi connectivity index (χ0v) is 16.8. The van der Waals surface area contributed by atoms with Crippen molar-refractivity contribution < 1.29 is 9.53 Å². The number of imidazole rings is 1. The Bertz CT molecular complexity index is 1030. The second-order valence-electron chi connectivity index (χ2n) is 7.92. The van der Waals surface area contributed by atoms with Crippen LogP contribution < -0.4 is 0 Å². The van der Waals surface area contributed by atoms with Crippen molar-refractivity contribution in [2.75, 3.05) is 32.8 Å². The monoisotopic (exact) mass is 394 g/mol. The summed E-state index contributed by atoms with van der Waals surface area (Å²) in [5.41, 5.74) is 4.59. The second kappa shape index (κ2) is 7.61. The van der Waals surface area contributed by atoms with Gasteiger partial charge in [0.2, 0.25) is 0 Å². The van der Waals surface area contributed by atoms with E-state index in [9.17, 15) is 4.79 Å². The highest BCUT2D eigenvalue weighted by Gasteiger charge is 2.25. The smallest absolute Gasteiger partial charge is 0.274 e. The summed E-state index contributed by atoms with van der Waals surface area (Å²) in [6.45, 7) is 8.42. The maximum Gasteiger partial charge on any atom is 0.274 e. The molecule has 1 saturated heterocycles. The first kappa shape index (κ1) is 18.3. The quantitative estimate of drug-likeness (QED) is 0.677. The first-order valence-corrected chi connectivity index (χ1v) is 10.3. The van der Waals surface area contributed by atoms with E-state index in [0.717, 1.165) is 68.4 Å². The van der Waals surface area contributed by atoms with E-state index in [1.165, 1.54) is 0 Å². The molecule has 29 heavy (non-hydrogen) atoms. The molecular formula is C21H26N6O2. The van der Waals surface area contributed by atoms with Gasteiger partial charge in [0.25, 0.3) is 5.91 Å². The van der Waals surface area contributed by atoms with Crippen molar-refractivity contribution in [3.05, 3.63) is 53.2 Å². The van der Waals surface area contributed by atoms with Crippen molar-refractivity contribution >= 4 is 11.6 Å². The Balaban J connectivity index is 1.29. The third-order valence-corrected chi connectivity index (χ3v) is 5.65. The molecule has 2 aliphatic heterocycles. The van der Waals surface area contributed by atoms with Crippen LogP contribution in [-0.2, 0) is 24.4 Å². The summed E-state index contributed by atoms with van der Waals surface area (Å²) in [6, 6.07) is 6.09. The van der Waals surface area contributed by atoms with E-state index in [1.54, 1.807) is 0 Å². The first-order chi connectivity index (χ1) is 14.2. The summed E-state index contributed by atoms with van der Waals surface area (Å²) in [6.07, 6.45) is 4.88. The molecule has 0 unspecified atom stereocenters. The van der Waals surface area contributed by atoms with E-state index in [4.69, 9.17) is 9.84 Å². The molecule has 0 aromatic carbocycles. The van der Waals surface area contributed by atoms with Crippen molar-refractivity contribution in [3.63, 3.8) is 0 Å². The molecule has 1 fully saturated rings. The molecule has 0 bridgehead atoms. The lowest BCUT2D eigenvalue weighted by atomic mass is 10.2. The van der Waals surface area contributed by atoms with Gasteiger partial charge in [-0.25, -0.2) is 4.98 Å². The van der Waals surface area contributed by atoms with Gasteiger partial charge in [0, 0.05) is 45.2 Å². The highest BCUT2D eigenvalue weighted by atomic mass is 16.5. The Morgan fingerprint density at radius 1 is 1.14 bits per heavy atom. The van der Waals surface area contributed by atoms with Crippen LogP contribution >= 0.6 is 0 Å². The van der Waals surface area contributed by atoms with Gasteiger partial charge >= 0.3 is 0 Å². The molecule has 1 amide bonds. The standard InChI is InChI=1S/C21H26N6O2/c1-16-3-4-20-22-19(15-26(20)12-16)21(28)25-6-7-27-18(14-25)11-17(23-27)13-24-5-2-9-29-10-8-24/h3-4,11-12,15H,2,5-10,13-14H2,1H3. The fraction of sp³-hybridized carbons (Fsp3) is 0.476. The number of hydrogen-bond acceptors (Lipinski definition) is 5. The predicted molar refractivity (Wildman–Crippen MR) is 108 cm³/mol. The second-order valence-corrected chi connectivity index (χ2v) is 7.92. The summed E-state index contributed by atoms with van der Waals surface area (Å²) in [5, 5.41) is 4.76. The lowest BCUT2D eigenvalue weighted by Crippen LogP contribution is -2.38. The topological polar surface area (TPSA) is 67.9 Å². The highest BCUT2D eigenvalue weighted by molar-refractivity contribution is 5.93. The first-order valence-electron chi connectivity index (χ1n) is 10.3. The Morgan fingerprint density at radius 2 is 2.07 bits per heavy atom. The number of carbonyl (C=O) groups excluding carboxylic acids is 1. The molecule has 152 valence electrons. The summed E-state index contributed by atoms with van der Waals surface area (Å²) in [5.74, 6) is -0.0231. The van der Waals surface area contributed by atoms with Crippen molar-refractivity contribution in [2.24, 2.45) is 0 Å². The summed E-state index contributed by atoms with van der Waals surface area (Å²) < 4.78 is 9.49. The molecule has 5 rings (SSSR count). The average molecular weight is 394 g/mol. The Hall–Kier alpha value is -2.71. The lowest BCUT2D eigenvalue weighted by molar-refractivity contribution is 0.0700. The minimum Gasteiger partial charge on any atom is -0.380 e. The fourth-order valence-electron chi connectivity index (χ4n) is 4.13. The number of rotatable bonds is 3. The van der Waals surface area contributed by atoms with Crippen LogP contribution in [0.15, 0.2) is 30.6 Å². The molecule has 5 heterocycles. The van der Waals surface area contributed by atoms with E-state index in [-0.39, 0.29) is 5.91 Å². The number of hydrogen-bond donors (Lipinski definition) is 0.